The van der Waals surface area contributed by atoms with E-state index in [1.807, 2.05) is 35.6 Å². The Morgan fingerprint density at radius 2 is 2.04 bits per heavy atom. The zero-order valence-corrected chi connectivity index (χ0v) is 16.4. The van der Waals surface area contributed by atoms with Gasteiger partial charge in [-0.15, -0.1) is 23.1 Å². The van der Waals surface area contributed by atoms with Gasteiger partial charge in [-0.3, -0.25) is 0 Å². The summed E-state index contributed by atoms with van der Waals surface area (Å²) in [5, 5.41) is 1.68. The lowest BCUT2D eigenvalue weighted by Gasteiger charge is -2.23. The van der Waals surface area contributed by atoms with Crippen molar-refractivity contribution in [1.29, 1.82) is 0 Å². The third-order valence-electron chi connectivity index (χ3n) is 4.83. The molecular weight excluding hydrogens is 376 g/mol. The van der Waals surface area contributed by atoms with E-state index in [1.165, 1.54) is 29.8 Å². The largest absolute Gasteiger partial charge is 0.397 e. The first-order valence-corrected chi connectivity index (χ1v) is 10.5. The molecule has 0 saturated heterocycles. The molecule has 2 N–H and O–H groups in total. The van der Waals surface area contributed by atoms with Crippen molar-refractivity contribution >= 4 is 39.0 Å². The fraction of sp³-hybridized carbons (Fsp3) is 0.263. The first-order valence-electron chi connectivity index (χ1n) is 8.82. The molecule has 0 radical (unpaired) electrons. The van der Waals surface area contributed by atoms with Crippen LogP contribution >= 0.6 is 23.1 Å². The topological polar surface area (TPSA) is 82.5 Å². The van der Waals surface area contributed by atoms with Crippen LogP contribution in [0.25, 0.3) is 32.7 Å². The van der Waals surface area contributed by atoms with Crippen LogP contribution in [-0.2, 0) is 7.05 Å². The van der Waals surface area contributed by atoms with E-state index in [0.29, 0.717) is 5.25 Å². The first kappa shape index (κ1) is 16.7. The van der Waals surface area contributed by atoms with Crippen LogP contribution in [0, 0.1) is 0 Å². The Hall–Kier alpha value is -2.45. The molecule has 8 heteroatoms. The Balaban J connectivity index is 1.72. The highest BCUT2D eigenvalue weighted by Crippen LogP contribution is 2.48. The summed E-state index contributed by atoms with van der Waals surface area (Å²) in [6.07, 6.45) is 12.8. The van der Waals surface area contributed by atoms with Gasteiger partial charge in [0.05, 0.1) is 27.6 Å². The number of rotatable bonds is 4. The van der Waals surface area contributed by atoms with Crippen LogP contribution in [0.4, 0.5) is 5.69 Å². The molecule has 0 spiro atoms. The molecule has 1 aliphatic carbocycles. The quantitative estimate of drug-likeness (QED) is 0.553. The minimum atomic E-state index is 0.681. The Morgan fingerprint density at radius 3 is 2.70 bits per heavy atom. The highest BCUT2D eigenvalue weighted by molar-refractivity contribution is 8.02. The summed E-state index contributed by atoms with van der Waals surface area (Å²) in [6, 6.07) is 2.05. The van der Waals surface area contributed by atoms with Gasteiger partial charge in [-0.25, -0.2) is 19.9 Å². The minimum absolute atomic E-state index is 0.681. The second kappa shape index (κ2) is 6.61. The van der Waals surface area contributed by atoms with Gasteiger partial charge in [-0.1, -0.05) is 6.42 Å². The van der Waals surface area contributed by atoms with Crippen LogP contribution in [0.2, 0.25) is 0 Å². The van der Waals surface area contributed by atoms with Crippen molar-refractivity contribution in [3.8, 4) is 22.5 Å². The second-order valence-electron chi connectivity index (χ2n) is 6.76. The summed E-state index contributed by atoms with van der Waals surface area (Å²) < 4.78 is 3.11. The molecule has 1 saturated carbocycles. The Morgan fingerprint density at radius 1 is 1.22 bits per heavy atom. The lowest BCUT2D eigenvalue weighted by molar-refractivity contribution is 0.522. The van der Waals surface area contributed by atoms with E-state index >= 15 is 0 Å². The molecule has 0 amide bonds. The van der Waals surface area contributed by atoms with Gasteiger partial charge in [0, 0.05) is 47.4 Å². The van der Waals surface area contributed by atoms with E-state index in [9.17, 15) is 0 Å². The summed E-state index contributed by atoms with van der Waals surface area (Å²) in [7, 11) is 1.97. The van der Waals surface area contributed by atoms with Gasteiger partial charge in [0.1, 0.15) is 11.2 Å². The van der Waals surface area contributed by atoms with Crippen molar-refractivity contribution in [2.75, 3.05) is 5.73 Å². The number of thioether (sulfide) groups is 1. The van der Waals surface area contributed by atoms with Gasteiger partial charge < -0.3 is 10.3 Å². The molecule has 0 aliphatic heterocycles. The number of aryl methyl sites for hydroxylation is 1. The lowest BCUT2D eigenvalue weighted by atomic mass is 10.0. The number of nitrogen functional groups attached to an aromatic ring is 1. The number of nitrogens with two attached hydrogens (primary N) is 1. The Labute approximate surface area is 164 Å². The fourth-order valence-corrected chi connectivity index (χ4v) is 5.95. The Kier molecular flexibility index (Phi) is 4.09. The number of thiophene rings is 1. The molecule has 4 heterocycles. The molecule has 4 aromatic rings. The number of fused-ring (bicyclic) bond motifs is 1. The van der Waals surface area contributed by atoms with Crippen LogP contribution < -0.4 is 5.73 Å². The summed E-state index contributed by atoms with van der Waals surface area (Å²) in [5.41, 5.74) is 11.0. The van der Waals surface area contributed by atoms with Gasteiger partial charge >= 0.3 is 0 Å². The van der Waals surface area contributed by atoms with Crippen molar-refractivity contribution in [2.45, 2.75) is 28.7 Å². The van der Waals surface area contributed by atoms with E-state index < -0.39 is 0 Å². The standard InChI is InChI=1S/C19H18N6S2/c1-25-8-15(23-10-25)13-5-14(11-6-21-9-22-7-11)24-18-16(13)17(20)19(27-18)26-12-3-2-4-12/h5-10,12H,2-4,20H2,1H3. The van der Waals surface area contributed by atoms with E-state index in [0.717, 1.165) is 38.4 Å². The molecule has 1 fully saturated rings. The van der Waals surface area contributed by atoms with E-state index in [-0.39, 0.29) is 0 Å². The van der Waals surface area contributed by atoms with Crippen LogP contribution in [0.1, 0.15) is 19.3 Å². The molecule has 0 unspecified atom stereocenters. The molecule has 6 nitrogen and oxygen atoms in total. The minimum Gasteiger partial charge on any atom is -0.397 e. The number of imidazole rings is 1. The van der Waals surface area contributed by atoms with E-state index in [4.69, 9.17) is 10.7 Å². The smallest absolute Gasteiger partial charge is 0.127 e. The number of hydrogen-bond acceptors (Lipinski definition) is 7. The lowest BCUT2D eigenvalue weighted by Crippen LogP contribution is -2.12. The third kappa shape index (κ3) is 2.98. The number of nitrogens with zero attached hydrogens (tertiary/aromatic N) is 5. The molecule has 27 heavy (non-hydrogen) atoms. The van der Waals surface area contributed by atoms with Crippen molar-refractivity contribution in [1.82, 2.24) is 24.5 Å². The zero-order valence-electron chi connectivity index (χ0n) is 14.8. The van der Waals surface area contributed by atoms with Crippen molar-refractivity contribution in [3.05, 3.63) is 37.3 Å². The molecule has 136 valence electrons. The first-order chi connectivity index (χ1) is 13.2. The van der Waals surface area contributed by atoms with E-state index in [1.54, 1.807) is 30.1 Å². The zero-order chi connectivity index (χ0) is 18.4. The van der Waals surface area contributed by atoms with Gasteiger partial charge in [-0.2, -0.15) is 0 Å². The molecule has 5 rings (SSSR count). The second-order valence-corrected chi connectivity index (χ2v) is 9.33. The monoisotopic (exact) mass is 394 g/mol. The predicted octanol–water partition coefficient (Wildman–Crippen LogP) is 4.38. The van der Waals surface area contributed by atoms with Gasteiger partial charge in [0.25, 0.3) is 0 Å². The summed E-state index contributed by atoms with van der Waals surface area (Å²) >= 11 is 3.57. The highest BCUT2D eigenvalue weighted by atomic mass is 32.2. The maximum Gasteiger partial charge on any atom is 0.127 e. The van der Waals surface area contributed by atoms with Crippen LogP contribution in [-0.4, -0.2) is 29.8 Å². The highest BCUT2D eigenvalue weighted by Gasteiger charge is 2.24. The summed E-state index contributed by atoms with van der Waals surface area (Å²) in [5.74, 6) is 0. The van der Waals surface area contributed by atoms with Gasteiger partial charge in [-0.05, 0) is 18.9 Å². The summed E-state index contributed by atoms with van der Waals surface area (Å²) in [6.45, 7) is 0. The molecular formula is C19H18N6S2. The number of anilines is 1. The average Bonchev–Trinajstić information content (AvgIpc) is 3.22. The maximum absolute atomic E-state index is 6.59. The average molecular weight is 395 g/mol. The van der Waals surface area contributed by atoms with Crippen molar-refractivity contribution in [3.63, 3.8) is 0 Å². The summed E-state index contributed by atoms with van der Waals surface area (Å²) in [4.78, 5) is 18.6. The van der Waals surface area contributed by atoms with Crippen LogP contribution in [0.3, 0.4) is 0 Å². The predicted molar refractivity (Wildman–Crippen MR) is 111 cm³/mol. The number of hydrogen-bond donors (Lipinski definition) is 1. The van der Waals surface area contributed by atoms with Gasteiger partial charge in [0.15, 0.2) is 0 Å². The molecule has 0 aromatic carbocycles. The Bertz CT molecular complexity index is 1110. The SMILES string of the molecule is Cn1cnc(-c2cc(-c3cncnc3)nc3sc(SC4CCC4)c(N)c23)c1. The number of aromatic nitrogens is 5. The molecule has 1 aliphatic rings. The van der Waals surface area contributed by atoms with Crippen molar-refractivity contribution < 1.29 is 0 Å². The van der Waals surface area contributed by atoms with E-state index in [2.05, 4.69) is 15.0 Å². The van der Waals surface area contributed by atoms with Crippen LogP contribution in [0.15, 0.2) is 41.5 Å². The van der Waals surface area contributed by atoms with Gasteiger partial charge in [0.2, 0.25) is 0 Å². The molecule has 0 bridgehead atoms. The van der Waals surface area contributed by atoms with Crippen molar-refractivity contribution in [2.24, 2.45) is 7.05 Å². The fourth-order valence-electron chi connectivity index (χ4n) is 3.16. The third-order valence-corrected chi connectivity index (χ3v) is 7.50. The normalized spacial score (nSPS) is 14.6. The molecule has 4 aromatic heterocycles. The van der Waals surface area contributed by atoms with Crippen LogP contribution in [0.5, 0.6) is 0 Å². The maximum atomic E-state index is 6.59. The molecule has 0 atom stereocenters. The number of pyridine rings is 1.